The van der Waals surface area contributed by atoms with Crippen LogP contribution in [0.5, 0.6) is 0 Å². The van der Waals surface area contributed by atoms with Crippen LogP contribution in [0.2, 0.25) is 0 Å². The number of nitrogens with one attached hydrogen (secondary N) is 2. The maximum atomic E-state index is 12.2. The fourth-order valence-corrected chi connectivity index (χ4v) is 1.97. The summed E-state index contributed by atoms with van der Waals surface area (Å²) in [5.74, 6) is -0.722. The quantitative estimate of drug-likeness (QED) is 0.750. The molecule has 0 atom stereocenters. The highest BCUT2D eigenvalue weighted by Crippen LogP contribution is 2.24. The Morgan fingerprint density at radius 2 is 1.75 bits per heavy atom. The van der Waals surface area contributed by atoms with Crippen molar-refractivity contribution in [2.24, 2.45) is 5.92 Å². The summed E-state index contributed by atoms with van der Waals surface area (Å²) in [4.78, 5) is 35.4. The standard InChI is InChI=1S/C18H26N2O4/c1-13(2)10-11-19-17(23)20-15(21)12-24-16(22)18(3,4)14-8-6-5-7-9-14/h5-9,13H,10-12H2,1-4H3,(H2,19,20,21,23). The summed E-state index contributed by atoms with van der Waals surface area (Å²) in [6.07, 6.45) is 0.821. The molecule has 24 heavy (non-hydrogen) atoms. The van der Waals surface area contributed by atoms with E-state index >= 15 is 0 Å². The Labute approximate surface area is 143 Å². The summed E-state index contributed by atoms with van der Waals surface area (Å²) in [6.45, 7) is 7.52. The van der Waals surface area contributed by atoms with Crippen molar-refractivity contribution >= 4 is 17.9 Å². The topological polar surface area (TPSA) is 84.5 Å². The zero-order valence-corrected chi connectivity index (χ0v) is 14.7. The fourth-order valence-electron chi connectivity index (χ4n) is 1.97. The van der Waals surface area contributed by atoms with Gasteiger partial charge < -0.3 is 10.1 Å². The number of benzene rings is 1. The van der Waals surface area contributed by atoms with Gasteiger partial charge in [0.05, 0.1) is 5.41 Å². The third kappa shape index (κ3) is 6.40. The smallest absolute Gasteiger partial charge is 0.321 e. The van der Waals surface area contributed by atoms with Gasteiger partial charge in [-0.05, 0) is 31.7 Å². The lowest BCUT2D eigenvalue weighted by molar-refractivity contribution is -0.153. The lowest BCUT2D eigenvalue weighted by atomic mass is 9.85. The molecule has 0 aromatic heterocycles. The normalized spacial score (nSPS) is 11.0. The second-order valence-corrected chi connectivity index (χ2v) is 6.55. The summed E-state index contributed by atoms with van der Waals surface area (Å²) in [5, 5.41) is 4.71. The highest BCUT2D eigenvalue weighted by molar-refractivity contribution is 5.96. The van der Waals surface area contributed by atoms with E-state index in [1.807, 2.05) is 44.2 Å². The molecule has 0 fully saturated rings. The Kier molecular flexibility index (Phi) is 7.42. The predicted molar refractivity (Wildman–Crippen MR) is 91.4 cm³/mol. The molecule has 0 unspecified atom stereocenters. The van der Waals surface area contributed by atoms with Crippen LogP contribution in [0, 0.1) is 5.92 Å². The van der Waals surface area contributed by atoms with Gasteiger partial charge in [-0.25, -0.2) is 4.79 Å². The van der Waals surface area contributed by atoms with Gasteiger partial charge in [0.15, 0.2) is 6.61 Å². The number of amides is 3. The molecule has 6 nitrogen and oxygen atoms in total. The molecule has 2 N–H and O–H groups in total. The van der Waals surface area contributed by atoms with E-state index in [0.29, 0.717) is 12.5 Å². The van der Waals surface area contributed by atoms with Gasteiger partial charge >= 0.3 is 12.0 Å². The highest BCUT2D eigenvalue weighted by Gasteiger charge is 2.31. The maximum Gasteiger partial charge on any atom is 0.321 e. The van der Waals surface area contributed by atoms with Gasteiger partial charge in [-0.1, -0.05) is 44.2 Å². The molecule has 0 aliphatic carbocycles. The molecule has 0 bridgehead atoms. The first-order valence-corrected chi connectivity index (χ1v) is 8.04. The second kappa shape index (κ2) is 9.05. The number of imide groups is 1. The van der Waals surface area contributed by atoms with Crippen LogP contribution in [0.1, 0.15) is 39.7 Å². The molecule has 0 aliphatic rings. The van der Waals surface area contributed by atoms with Crippen LogP contribution in [0.25, 0.3) is 0 Å². The lowest BCUT2D eigenvalue weighted by Gasteiger charge is -2.22. The molecule has 1 rings (SSSR count). The molecular weight excluding hydrogens is 308 g/mol. The second-order valence-electron chi connectivity index (χ2n) is 6.55. The maximum absolute atomic E-state index is 12.2. The van der Waals surface area contributed by atoms with E-state index in [0.717, 1.165) is 12.0 Å². The largest absolute Gasteiger partial charge is 0.455 e. The van der Waals surface area contributed by atoms with Gasteiger partial charge in [0.25, 0.3) is 5.91 Å². The Bertz CT molecular complexity index is 568. The zero-order chi connectivity index (χ0) is 18.2. The van der Waals surface area contributed by atoms with Crippen molar-refractivity contribution in [3.8, 4) is 0 Å². The summed E-state index contributed by atoms with van der Waals surface area (Å²) < 4.78 is 5.04. The van der Waals surface area contributed by atoms with Crippen molar-refractivity contribution in [2.45, 2.75) is 39.5 Å². The van der Waals surface area contributed by atoms with Gasteiger partial charge in [0.1, 0.15) is 0 Å². The first-order valence-electron chi connectivity index (χ1n) is 8.04. The van der Waals surface area contributed by atoms with Crippen LogP contribution in [0.3, 0.4) is 0 Å². The molecule has 1 aromatic rings. The van der Waals surface area contributed by atoms with Crippen molar-refractivity contribution < 1.29 is 19.1 Å². The summed E-state index contributed by atoms with van der Waals surface area (Å²) >= 11 is 0. The van der Waals surface area contributed by atoms with Gasteiger partial charge in [-0.15, -0.1) is 0 Å². The number of carbonyl (C=O) groups excluding carboxylic acids is 3. The number of hydrogen-bond acceptors (Lipinski definition) is 4. The van der Waals surface area contributed by atoms with Crippen LogP contribution in [0.4, 0.5) is 4.79 Å². The summed E-state index contributed by atoms with van der Waals surface area (Å²) in [7, 11) is 0. The Balaban J connectivity index is 2.41. The number of esters is 1. The van der Waals surface area contributed by atoms with Gasteiger partial charge in [-0.2, -0.15) is 0 Å². The Hall–Kier alpha value is -2.37. The van der Waals surface area contributed by atoms with Gasteiger partial charge in [-0.3, -0.25) is 14.9 Å². The fraction of sp³-hybridized carbons (Fsp3) is 0.500. The van der Waals surface area contributed by atoms with Crippen molar-refractivity contribution in [1.29, 1.82) is 0 Å². The van der Waals surface area contributed by atoms with Gasteiger partial charge in [0, 0.05) is 6.54 Å². The van der Waals surface area contributed by atoms with Crippen LogP contribution in [0.15, 0.2) is 30.3 Å². The van der Waals surface area contributed by atoms with E-state index < -0.39 is 29.9 Å². The van der Waals surface area contributed by atoms with E-state index in [1.165, 1.54) is 0 Å². The summed E-state index contributed by atoms with van der Waals surface area (Å²) in [5.41, 5.74) is -0.0806. The van der Waals surface area contributed by atoms with Crippen molar-refractivity contribution in [1.82, 2.24) is 10.6 Å². The van der Waals surface area contributed by atoms with E-state index in [1.54, 1.807) is 13.8 Å². The average molecular weight is 334 g/mol. The molecule has 0 aliphatic heterocycles. The lowest BCUT2D eigenvalue weighted by Crippen LogP contribution is -2.42. The first kappa shape index (κ1) is 19.7. The molecule has 0 spiro atoms. The average Bonchev–Trinajstić information content (AvgIpc) is 2.52. The van der Waals surface area contributed by atoms with Crippen LogP contribution in [-0.2, 0) is 19.7 Å². The van der Waals surface area contributed by atoms with Crippen molar-refractivity contribution in [3.05, 3.63) is 35.9 Å². The predicted octanol–water partition coefficient (Wildman–Crippen LogP) is 2.38. The van der Waals surface area contributed by atoms with Crippen LogP contribution < -0.4 is 10.6 Å². The molecule has 0 heterocycles. The summed E-state index contributed by atoms with van der Waals surface area (Å²) in [6, 6.07) is 8.58. The molecule has 132 valence electrons. The van der Waals surface area contributed by atoms with E-state index in [-0.39, 0.29) is 0 Å². The van der Waals surface area contributed by atoms with Crippen LogP contribution >= 0.6 is 0 Å². The molecule has 1 aromatic carbocycles. The highest BCUT2D eigenvalue weighted by atomic mass is 16.5. The number of urea groups is 1. The third-order valence-corrected chi connectivity index (χ3v) is 3.60. The zero-order valence-electron chi connectivity index (χ0n) is 14.7. The number of ether oxygens (including phenoxy) is 1. The molecule has 0 radical (unpaired) electrons. The van der Waals surface area contributed by atoms with E-state index in [2.05, 4.69) is 10.6 Å². The minimum Gasteiger partial charge on any atom is -0.455 e. The first-order chi connectivity index (χ1) is 11.2. The van der Waals surface area contributed by atoms with Crippen LogP contribution in [-0.4, -0.2) is 31.1 Å². The van der Waals surface area contributed by atoms with E-state index in [4.69, 9.17) is 4.74 Å². The molecule has 0 saturated carbocycles. The number of carbonyl (C=O) groups is 3. The van der Waals surface area contributed by atoms with Crippen molar-refractivity contribution in [2.75, 3.05) is 13.2 Å². The van der Waals surface area contributed by atoms with E-state index in [9.17, 15) is 14.4 Å². The Morgan fingerprint density at radius 3 is 2.33 bits per heavy atom. The van der Waals surface area contributed by atoms with Crippen molar-refractivity contribution in [3.63, 3.8) is 0 Å². The molecular formula is C18H26N2O4. The Morgan fingerprint density at radius 1 is 1.12 bits per heavy atom. The third-order valence-electron chi connectivity index (χ3n) is 3.60. The molecule has 0 saturated heterocycles. The minimum atomic E-state index is -0.874. The minimum absolute atomic E-state index is 0.460. The molecule has 3 amide bonds. The van der Waals surface area contributed by atoms with Gasteiger partial charge in [0.2, 0.25) is 0 Å². The monoisotopic (exact) mass is 334 g/mol. The number of rotatable bonds is 7. The molecule has 6 heteroatoms. The SMILES string of the molecule is CC(C)CCNC(=O)NC(=O)COC(=O)C(C)(C)c1ccccc1. The number of hydrogen-bond donors (Lipinski definition) is 2.